The number of hydrogen-bond acceptors (Lipinski definition) is 8. The van der Waals surface area contributed by atoms with E-state index in [0.29, 0.717) is 43.5 Å². The van der Waals surface area contributed by atoms with E-state index in [1.54, 1.807) is 38.1 Å². The van der Waals surface area contributed by atoms with E-state index in [1.807, 2.05) is 0 Å². The highest BCUT2D eigenvalue weighted by molar-refractivity contribution is 6.55. The first-order chi connectivity index (χ1) is 20.9. The van der Waals surface area contributed by atoms with Crippen LogP contribution in [0.15, 0.2) is 24.3 Å². The van der Waals surface area contributed by atoms with Crippen LogP contribution in [0.2, 0.25) is 0 Å². The largest absolute Gasteiger partial charge is 0.470 e. The van der Waals surface area contributed by atoms with Crippen LogP contribution < -0.4 is 27.0 Å². The van der Waals surface area contributed by atoms with E-state index < -0.39 is 35.8 Å². The van der Waals surface area contributed by atoms with E-state index in [1.165, 1.54) is 4.90 Å². The third kappa shape index (κ3) is 12.8. The predicted octanol–water partition coefficient (Wildman–Crippen LogP) is 1.21. The SMILES string of the molecule is [B]C(=O)OCc1ccc(NC(=O)[C@H](CCCNC(N)=O)NC(=O)C(NC(=O)CCCCCN2C(=O)CCC2=O)C(C)C)cc1. The molecule has 6 N–H and O–H groups in total. The van der Waals surface area contributed by atoms with Crippen molar-refractivity contribution in [3.05, 3.63) is 29.8 Å². The van der Waals surface area contributed by atoms with Crippen LogP contribution in [0.4, 0.5) is 15.3 Å². The Balaban J connectivity index is 1.94. The first kappa shape index (κ1) is 35.8. The molecule has 0 spiro atoms. The fourth-order valence-electron chi connectivity index (χ4n) is 4.50. The number of ether oxygens (including phenoxy) is 1. The normalized spacial score (nSPS) is 14.1. The lowest BCUT2D eigenvalue weighted by atomic mass is 10.0. The van der Waals surface area contributed by atoms with Crippen molar-refractivity contribution in [1.29, 1.82) is 0 Å². The average Bonchev–Trinajstić information content (AvgIpc) is 3.28. The summed E-state index contributed by atoms with van der Waals surface area (Å²) in [6.45, 7) is 4.03. The van der Waals surface area contributed by atoms with Gasteiger partial charge in [-0.3, -0.25) is 33.7 Å². The van der Waals surface area contributed by atoms with Crippen molar-refractivity contribution < 1.29 is 38.3 Å². The summed E-state index contributed by atoms with van der Waals surface area (Å²) in [6, 6.07) is 3.86. The molecule has 1 saturated heterocycles. The van der Waals surface area contributed by atoms with Crippen molar-refractivity contribution >= 4 is 55.0 Å². The van der Waals surface area contributed by atoms with Gasteiger partial charge in [-0.15, -0.1) is 0 Å². The summed E-state index contributed by atoms with van der Waals surface area (Å²) in [5.74, 6) is -2.92. The van der Waals surface area contributed by atoms with Crippen LogP contribution in [-0.2, 0) is 35.3 Å². The predicted molar refractivity (Wildman–Crippen MR) is 161 cm³/mol. The molecule has 1 aliphatic rings. The maximum atomic E-state index is 13.3. The molecule has 0 bridgehead atoms. The van der Waals surface area contributed by atoms with Gasteiger partial charge in [0.05, 0.1) is 0 Å². The molecular weight excluding hydrogens is 571 g/mol. The third-order valence-electron chi connectivity index (χ3n) is 6.91. The van der Waals surface area contributed by atoms with E-state index in [-0.39, 0.29) is 62.5 Å². The van der Waals surface area contributed by atoms with Gasteiger partial charge >= 0.3 is 6.03 Å². The van der Waals surface area contributed by atoms with Crippen LogP contribution >= 0.6 is 0 Å². The number of nitrogens with one attached hydrogen (secondary N) is 4. The number of rotatable bonds is 18. The van der Waals surface area contributed by atoms with Crippen molar-refractivity contribution in [3.63, 3.8) is 0 Å². The van der Waals surface area contributed by atoms with Crippen molar-refractivity contribution in [1.82, 2.24) is 20.9 Å². The standard InChI is InChI=1S/C29H41BN6O8/c1-18(2)25(35-22(37)8-4-3-5-16-36-23(38)13-14-24(36)39)27(41)34-21(7-6-15-32-29(31)43)26(40)33-20-11-9-19(10-12-20)17-44-28(30)42/h9-12,18,21,25H,3-8,13-17H2,1-2H3,(H,33,40)(H,34,41)(H,35,37)(H3,31,32,43)/t21-,25?/m0/s1. The zero-order valence-electron chi connectivity index (χ0n) is 25.2. The molecule has 1 aromatic rings. The number of nitrogens with zero attached hydrogens (tertiary/aromatic N) is 1. The van der Waals surface area contributed by atoms with Crippen LogP contribution in [0.25, 0.3) is 0 Å². The lowest BCUT2D eigenvalue weighted by molar-refractivity contribution is -0.138. The second-order valence-electron chi connectivity index (χ2n) is 10.8. The molecule has 14 nitrogen and oxygen atoms in total. The Morgan fingerprint density at radius 3 is 2.18 bits per heavy atom. The lowest BCUT2D eigenvalue weighted by Crippen LogP contribution is -2.54. The molecule has 2 atom stereocenters. The molecule has 15 heteroatoms. The molecule has 7 amide bonds. The second-order valence-corrected chi connectivity index (χ2v) is 10.8. The fraction of sp³-hybridized carbons (Fsp3) is 0.552. The monoisotopic (exact) mass is 612 g/mol. The Morgan fingerprint density at radius 2 is 1.59 bits per heavy atom. The van der Waals surface area contributed by atoms with Crippen molar-refractivity contribution in [2.45, 2.75) is 83.9 Å². The number of primary amides is 1. The van der Waals surface area contributed by atoms with Crippen LogP contribution in [0, 0.1) is 5.92 Å². The molecule has 238 valence electrons. The second kappa shape index (κ2) is 18.3. The first-order valence-electron chi connectivity index (χ1n) is 14.7. The molecule has 0 aromatic heterocycles. The van der Waals surface area contributed by atoms with Gasteiger partial charge in [-0.05, 0) is 49.3 Å². The van der Waals surface area contributed by atoms with Crippen LogP contribution in [0.1, 0.15) is 70.8 Å². The zero-order valence-corrected chi connectivity index (χ0v) is 25.2. The molecule has 2 rings (SSSR count). The van der Waals surface area contributed by atoms with Crippen LogP contribution in [0.3, 0.4) is 0 Å². The Labute approximate surface area is 258 Å². The summed E-state index contributed by atoms with van der Waals surface area (Å²) >= 11 is 0. The Hall–Kier alpha value is -4.43. The van der Waals surface area contributed by atoms with Gasteiger partial charge in [-0.1, -0.05) is 32.4 Å². The number of nitrogens with two attached hydrogens (primary N) is 1. The summed E-state index contributed by atoms with van der Waals surface area (Å²) in [7, 11) is 4.98. The van der Waals surface area contributed by atoms with Crippen molar-refractivity contribution in [2.75, 3.05) is 18.4 Å². The number of benzene rings is 1. The van der Waals surface area contributed by atoms with E-state index in [9.17, 15) is 33.6 Å². The van der Waals surface area contributed by atoms with Crippen LogP contribution in [0.5, 0.6) is 0 Å². The van der Waals surface area contributed by atoms with Gasteiger partial charge in [0.15, 0.2) is 0 Å². The van der Waals surface area contributed by atoms with Crippen molar-refractivity contribution in [3.8, 4) is 0 Å². The Bertz CT molecular complexity index is 1180. The minimum absolute atomic E-state index is 0.0297. The smallest absolute Gasteiger partial charge is 0.312 e. The molecule has 1 aliphatic heterocycles. The molecule has 44 heavy (non-hydrogen) atoms. The van der Waals surface area contributed by atoms with Gasteiger partial charge in [0.2, 0.25) is 43.3 Å². The maximum absolute atomic E-state index is 13.3. The van der Waals surface area contributed by atoms with Gasteiger partial charge in [-0.2, -0.15) is 0 Å². The third-order valence-corrected chi connectivity index (χ3v) is 6.91. The number of hydrogen-bond donors (Lipinski definition) is 5. The zero-order chi connectivity index (χ0) is 32.6. The van der Waals surface area contributed by atoms with Gasteiger partial charge in [0.25, 0.3) is 0 Å². The number of carbonyl (C=O) groups is 7. The topological polar surface area (TPSA) is 206 Å². The fourth-order valence-corrected chi connectivity index (χ4v) is 4.50. The summed E-state index contributed by atoms with van der Waals surface area (Å²) in [5.41, 5.74) is 6.19. The highest BCUT2D eigenvalue weighted by atomic mass is 16.5. The molecule has 0 aliphatic carbocycles. The van der Waals surface area contributed by atoms with Gasteiger partial charge in [-0.25, -0.2) is 4.79 Å². The quantitative estimate of drug-likeness (QED) is 0.0923. The van der Waals surface area contributed by atoms with Gasteiger partial charge in [0.1, 0.15) is 18.7 Å². The Kier molecular flexibility index (Phi) is 14.9. The molecule has 0 saturated carbocycles. The van der Waals surface area contributed by atoms with E-state index in [2.05, 4.69) is 21.3 Å². The lowest BCUT2D eigenvalue weighted by Gasteiger charge is -2.25. The van der Waals surface area contributed by atoms with Crippen molar-refractivity contribution in [2.24, 2.45) is 11.7 Å². The summed E-state index contributed by atoms with van der Waals surface area (Å²) in [5, 5.41) is 10.6. The Morgan fingerprint density at radius 1 is 0.932 bits per heavy atom. The number of carbonyl (C=O) groups excluding carboxylic acids is 7. The van der Waals surface area contributed by atoms with E-state index in [4.69, 9.17) is 18.3 Å². The molecule has 1 aromatic carbocycles. The molecule has 1 unspecified atom stereocenters. The highest BCUT2D eigenvalue weighted by Crippen LogP contribution is 2.15. The van der Waals surface area contributed by atoms with E-state index in [0.717, 1.165) is 0 Å². The number of urea groups is 1. The highest BCUT2D eigenvalue weighted by Gasteiger charge is 2.29. The summed E-state index contributed by atoms with van der Waals surface area (Å²) < 4.78 is 4.74. The minimum atomic E-state index is -0.996. The number of unbranched alkanes of at least 4 members (excludes halogenated alkanes) is 2. The number of anilines is 1. The number of imide groups is 1. The number of likely N-dealkylation sites (tertiary alicyclic amines) is 1. The van der Waals surface area contributed by atoms with Gasteiger partial charge in [0, 0.05) is 38.0 Å². The van der Waals surface area contributed by atoms with E-state index >= 15 is 0 Å². The molecule has 2 radical (unpaired) electrons. The number of amides is 7. The molecule has 1 heterocycles. The molecular formula is C29H41BN6O8. The average molecular weight is 612 g/mol. The van der Waals surface area contributed by atoms with Gasteiger partial charge < -0.3 is 31.7 Å². The first-order valence-corrected chi connectivity index (χ1v) is 14.7. The van der Waals surface area contributed by atoms with Crippen LogP contribution in [-0.4, -0.2) is 79.4 Å². The summed E-state index contributed by atoms with van der Waals surface area (Å²) in [4.78, 5) is 85.6. The molecule has 1 fully saturated rings. The maximum Gasteiger partial charge on any atom is 0.312 e. The minimum Gasteiger partial charge on any atom is -0.470 e. The summed E-state index contributed by atoms with van der Waals surface area (Å²) in [6.07, 6.45) is 2.88.